The summed E-state index contributed by atoms with van der Waals surface area (Å²) >= 11 is 0. The number of aromatic nitrogens is 2. The number of rotatable bonds is 3. The molecule has 106 valence electrons. The van der Waals surface area contributed by atoms with Crippen LogP contribution in [0.4, 0.5) is 4.39 Å². The monoisotopic (exact) mass is 279 g/mol. The topological polar surface area (TPSA) is 83.4 Å². The molecule has 6 nitrogen and oxygen atoms in total. The predicted molar refractivity (Wildman–Crippen MR) is 67.9 cm³/mol. The molecule has 1 aliphatic heterocycles. The van der Waals surface area contributed by atoms with Crippen molar-refractivity contribution >= 4 is 0 Å². The van der Waals surface area contributed by atoms with Crippen molar-refractivity contribution in [3.05, 3.63) is 23.6 Å². The van der Waals surface area contributed by atoms with Crippen LogP contribution in [-0.4, -0.2) is 16.9 Å². The molecule has 1 aromatic carbocycles. The van der Waals surface area contributed by atoms with Crippen molar-refractivity contribution in [2.45, 2.75) is 26.1 Å². The third-order valence-electron chi connectivity index (χ3n) is 3.04. The number of benzene rings is 1. The smallest absolute Gasteiger partial charge is 0.240 e. The zero-order valence-electron chi connectivity index (χ0n) is 11.1. The van der Waals surface area contributed by atoms with Crippen LogP contribution in [0.5, 0.6) is 11.5 Å². The number of hydrogen-bond acceptors (Lipinski definition) is 6. The van der Waals surface area contributed by atoms with Gasteiger partial charge in [0.15, 0.2) is 11.5 Å². The Labute approximate surface area is 114 Å². The average molecular weight is 279 g/mol. The van der Waals surface area contributed by atoms with Crippen LogP contribution in [0.15, 0.2) is 16.7 Å². The Kier molecular flexibility index (Phi) is 2.86. The van der Waals surface area contributed by atoms with Crippen molar-refractivity contribution in [3.63, 3.8) is 0 Å². The first-order chi connectivity index (χ1) is 9.49. The fourth-order valence-corrected chi connectivity index (χ4v) is 1.97. The van der Waals surface area contributed by atoms with E-state index in [1.54, 1.807) is 12.1 Å². The second kappa shape index (κ2) is 4.45. The molecule has 0 spiro atoms. The maximum Gasteiger partial charge on any atom is 0.240 e. The van der Waals surface area contributed by atoms with E-state index >= 15 is 0 Å². The molecular formula is C13H14FN3O3. The van der Waals surface area contributed by atoms with Gasteiger partial charge in [-0.15, -0.1) is 0 Å². The molecule has 2 aromatic rings. The van der Waals surface area contributed by atoms with Crippen LogP contribution < -0.4 is 15.2 Å². The summed E-state index contributed by atoms with van der Waals surface area (Å²) in [7, 11) is 0. The molecular weight excluding hydrogens is 265 g/mol. The van der Waals surface area contributed by atoms with Gasteiger partial charge in [-0.25, -0.2) is 4.39 Å². The van der Waals surface area contributed by atoms with E-state index in [0.29, 0.717) is 34.3 Å². The van der Waals surface area contributed by atoms with E-state index in [-0.39, 0.29) is 13.3 Å². The van der Waals surface area contributed by atoms with Crippen molar-refractivity contribution in [1.82, 2.24) is 10.1 Å². The SMILES string of the molecule is CC(C)(F)c1cc2c(c(-c3noc(CN)n3)c1)OCO2. The molecule has 20 heavy (non-hydrogen) atoms. The lowest BCUT2D eigenvalue weighted by molar-refractivity contribution is 0.173. The van der Waals surface area contributed by atoms with E-state index < -0.39 is 5.67 Å². The van der Waals surface area contributed by atoms with Crippen LogP contribution in [-0.2, 0) is 12.2 Å². The molecule has 2 heterocycles. The number of nitrogens with two attached hydrogens (primary N) is 1. The normalized spacial score (nSPS) is 13.8. The number of alkyl halides is 1. The minimum absolute atomic E-state index is 0.0834. The second-order valence-corrected chi connectivity index (χ2v) is 4.95. The van der Waals surface area contributed by atoms with Gasteiger partial charge in [0.2, 0.25) is 18.5 Å². The zero-order chi connectivity index (χ0) is 14.3. The third kappa shape index (κ3) is 2.09. The van der Waals surface area contributed by atoms with Crippen LogP contribution in [0, 0.1) is 0 Å². The quantitative estimate of drug-likeness (QED) is 0.926. The Morgan fingerprint density at radius 3 is 2.80 bits per heavy atom. The van der Waals surface area contributed by atoms with Gasteiger partial charge >= 0.3 is 0 Å². The lowest BCUT2D eigenvalue weighted by Crippen LogP contribution is -2.09. The molecule has 0 fully saturated rings. The van der Waals surface area contributed by atoms with Crippen molar-refractivity contribution < 1.29 is 18.4 Å². The maximum atomic E-state index is 14.2. The fourth-order valence-electron chi connectivity index (χ4n) is 1.97. The van der Waals surface area contributed by atoms with Crippen molar-refractivity contribution in [2.75, 3.05) is 6.79 Å². The molecule has 1 aromatic heterocycles. The van der Waals surface area contributed by atoms with E-state index in [1.165, 1.54) is 13.8 Å². The number of ether oxygens (including phenoxy) is 2. The van der Waals surface area contributed by atoms with Gasteiger partial charge < -0.3 is 19.7 Å². The standard InChI is InChI=1S/C13H14FN3O3/c1-13(2,14)7-3-8(11-9(4-7)18-6-19-11)12-16-10(5-15)20-17-12/h3-4H,5-6,15H2,1-2H3. The zero-order valence-corrected chi connectivity index (χ0v) is 11.1. The lowest BCUT2D eigenvalue weighted by atomic mass is 9.97. The van der Waals surface area contributed by atoms with E-state index in [0.717, 1.165) is 0 Å². The predicted octanol–water partition coefficient (Wildman–Crippen LogP) is 2.13. The minimum atomic E-state index is -1.52. The summed E-state index contributed by atoms with van der Waals surface area (Å²) < 4.78 is 29.9. The first-order valence-corrected chi connectivity index (χ1v) is 6.15. The molecule has 0 saturated carbocycles. The van der Waals surface area contributed by atoms with E-state index in [2.05, 4.69) is 10.1 Å². The number of hydrogen-bond donors (Lipinski definition) is 1. The van der Waals surface area contributed by atoms with Gasteiger partial charge in [-0.05, 0) is 31.5 Å². The van der Waals surface area contributed by atoms with Gasteiger partial charge in [0.25, 0.3) is 0 Å². The van der Waals surface area contributed by atoms with Crippen molar-refractivity contribution in [3.8, 4) is 22.9 Å². The van der Waals surface area contributed by atoms with Crippen LogP contribution in [0.25, 0.3) is 11.4 Å². The molecule has 7 heteroatoms. The molecule has 1 aliphatic rings. The van der Waals surface area contributed by atoms with E-state index in [4.69, 9.17) is 19.7 Å². The van der Waals surface area contributed by atoms with Gasteiger partial charge in [0.05, 0.1) is 12.1 Å². The third-order valence-corrected chi connectivity index (χ3v) is 3.04. The molecule has 2 N–H and O–H groups in total. The summed E-state index contributed by atoms with van der Waals surface area (Å²) in [5.74, 6) is 1.57. The van der Waals surface area contributed by atoms with Gasteiger partial charge in [-0.3, -0.25) is 0 Å². The second-order valence-electron chi connectivity index (χ2n) is 4.95. The highest BCUT2D eigenvalue weighted by atomic mass is 19.1. The molecule has 0 atom stereocenters. The van der Waals surface area contributed by atoms with Gasteiger partial charge in [0.1, 0.15) is 5.67 Å². The molecule has 0 saturated heterocycles. The highest BCUT2D eigenvalue weighted by Gasteiger charge is 2.28. The Bertz CT molecular complexity index is 649. The summed E-state index contributed by atoms with van der Waals surface area (Å²) in [5, 5.41) is 3.83. The number of fused-ring (bicyclic) bond motifs is 1. The number of halogens is 1. The van der Waals surface area contributed by atoms with E-state index in [1.807, 2.05) is 0 Å². The molecule has 0 aliphatic carbocycles. The largest absolute Gasteiger partial charge is 0.454 e. The molecule has 0 radical (unpaired) electrons. The van der Waals surface area contributed by atoms with Crippen molar-refractivity contribution in [2.24, 2.45) is 5.73 Å². The average Bonchev–Trinajstić information content (AvgIpc) is 3.05. The van der Waals surface area contributed by atoms with Crippen molar-refractivity contribution in [1.29, 1.82) is 0 Å². The molecule has 3 rings (SSSR count). The number of nitrogens with zero attached hydrogens (tertiary/aromatic N) is 2. The summed E-state index contributed by atoms with van der Waals surface area (Å²) in [6.07, 6.45) is 0. The highest BCUT2D eigenvalue weighted by molar-refractivity contribution is 5.71. The van der Waals surface area contributed by atoms with Crippen LogP contribution in [0.3, 0.4) is 0 Å². The van der Waals surface area contributed by atoms with E-state index in [9.17, 15) is 4.39 Å². The first-order valence-electron chi connectivity index (χ1n) is 6.15. The highest BCUT2D eigenvalue weighted by Crippen LogP contribution is 2.44. The van der Waals surface area contributed by atoms with Crippen LogP contribution in [0.1, 0.15) is 25.3 Å². The summed E-state index contributed by atoms with van der Waals surface area (Å²) in [6.45, 7) is 3.16. The molecule has 0 unspecified atom stereocenters. The van der Waals surface area contributed by atoms with Gasteiger partial charge in [0, 0.05) is 0 Å². The first kappa shape index (κ1) is 12.9. The van der Waals surface area contributed by atoms with Gasteiger partial charge in [-0.2, -0.15) is 4.98 Å². The Hall–Kier alpha value is -2.15. The Balaban J connectivity index is 2.16. The van der Waals surface area contributed by atoms with Gasteiger partial charge in [-0.1, -0.05) is 5.16 Å². The summed E-state index contributed by atoms with van der Waals surface area (Å²) in [5.41, 5.74) is 4.91. The Morgan fingerprint density at radius 1 is 1.35 bits per heavy atom. The molecule has 0 bridgehead atoms. The molecule has 0 amide bonds. The minimum Gasteiger partial charge on any atom is -0.454 e. The van der Waals surface area contributed by atoms with Crippen LogP contribution >= 0.6 is 0 Å². The summed E-state index contributed by atoms with van der Waals surface area (Å²) in [6, 6.07) is 3.26. The summed E-state index contributed by atoms with van der Waals surface area (Å²) in [4.78, 5) is 4.14. The Morgan fingerprint density at radius 2 is 2.15 bits per heavy atom. The fraction of sp³-hybridized carbons (Fsp3) is 0.385. The maximum absolute atomic E-state index is 14.2. The lowest BCUT2D eigenvalue weighted by Gasteiger charge is -2.16. The van der Waals surface area contributed by atoms with Crippen LogP contribution in [0.2, 0.25) is 0 Å².